The summed E-state index contributed by atoms with van der Waals surface area (Å²) in [4.78, 5) is 2.22. The van der Waals surface area contributed by atoms with Gasteiger partial charge in [0.05, 0.1) is 4.90 Å². The predicted molar refractivity (Wildman–Crippen MR) is 115 cm³/mol. The van der Waals surface area contributed by atoms with E-state index >= 15 is 0 Å². The van der Waals surface area contributed by atoms with Crippen LogP contribution in [0.5, 0.6) is 5.75 Å². The highest BCUT2D eigenvalue weighted by molar-refractivity contribution is 14.1. The molecule has 0 bridgehead atoms. The molecule has 0 aliphatic heterocycles. The third-order valence-corrected chi connectivity index (χ3v) is 5.64. The topological polar surface area (TPSA) is 9.23 Å². The predicted octanol–water partition coefficient (Wildman–Crippen LogP) is 7.05. The fourth-order valence-corrected chi connectivity index (χ4v) is 4.27. The van der Waals surface area contributed by atoms with Crippen LogP contribution in [-0.4, -0.2) is 4.43 Å². The highest BCUT2D eigenvalue weighted by Gasteiger charge is 2.08. The van der Waals surface area contributed by atoms with E-state index in [2.05, 4.69) is 52.9 Å². The van der Waals surface area contributed by atoms with Crippen LogP contribution in [0.1, 0.15) is 11.1 Å². The summed E-state index contributed by atoms with van der Waals surface area (Å²) in [5.74, 6) is 0.892. The molecule has 25 heavy (non-hydrogen) atoms. The van der Waals surface area contributed by atoms with Gasteiger partial charge in [-0.15, -0.1) is 0 Å². The van der Waals surface area contributed by atoms with E-state index in [4.69, 9.17) is 16.3 Å². The lowest BCUT2D eigenvalue weighted by atomic mass is 10.2. The summed E-state index contributed by atoms with van der Waals surface area (Å²) in [5.41, 5.74) is 2.36. The highest BCUT2D eigenvalue weighted by Crippen LogP contribution is 2.36. The summed E-state index contributed by atoms with van der Waals surface area (Å²) in [7, 11) is 0. The van der Waals surface area contributed by atoms with Crippen molar-refractivity contribution in [2.75, 3.05) is 4.43 Å². The Labute approximate surface area is 171 Å². The minimum absolute atomic E-state index is 0.563. The van der Waals surface area contributed by atoms with Crippen molar-refractivity contribution in [3.05, 3.63) is 88.9 Å². The Morgan fingerprint density at radius 2 is 1.68 bits per heavy atom. The van der Waals surface area contributed by atoms with Gasteiger partial charge >= 0.3 is 0 Å². The SMILES string of the molecule is Clc1cc(Sc2ccccc2OCc2ccccc2)ccc1CCI. The lowest BCUT2D eigenvalue weighted by Crippen LogP contribution is -1.96. The zero-order chi connectivity index (χ0) is 17.5. The molecule has 0 aromatic heterocycles. The van der Waals surface area contributed by atoms with Crippen LogP contribution >= 0.6 is 46.0 Å². The van der Waals surface area contributed by atoms with Gasteiger partial charge < -0.3 is 4.74 Å². The summed E-state index contributed by atoms with van der Waals surface area (Å²) in [6.45, 7) is 0.563. The summed E-state index contributed by atoms with van der Waals surface area (Å²) in [6, 6.07) is 24.6. The first-order valence-electron chi connectivity index (χ1n) is 8.04. The number of benzene rings is 3. The van der Waals surface area contributed by atoms with E-state index in [9.17, 15) is 0 Å². The normalized spacial score (nSPS) is 10.6. The highest BCUT2D eigenvalue weighted by atomic mass is 127. The van der Waals surface area contributed by atoms with Crippen LogP contribution in [0.3, 0.4) is 0 Å². The molecule has 3 aromatic carbocycles. The fraction of sp³-hybridized carbons (Fsp3) is 0.143. The second-order valence-corrected chi connectivity index (χ2v) is 8.12. The van der Waals surface area contributed by atoms with Crippen molar-refractivity contribution in [2.45, 2.75) is 22.8 Å². The fourth-order valence-electron chi connectivity index (χ4n) is 2.41. The Morgan fingerprint density at radius 3 is 2.44 bits per heavy atom. The first-order valence-corrected chi connectivity index (χ1v) is 10.8. The van der Waals surface area contributed by atoms with E-state index in [1.165, 1.54) is 5.56 Å². The summed E-state index contributed by atoms with van der Waals surface area (Å²) < 4.78 is 7.10. The molecular formula is C21H18ClIOS. The Balaban J connectivity index is 1.73. The molecule has 3 aromatic rings. The van der Waals surface area contributed by atoms with Gasteiger partial charge in [-0.3, -0.25) is 0 Å². The molecule has 3 rings (SSSR count). The van der Waals surface area contributed by atoms with E-state index in [0.29, 0.717) is 6.61 Å². The van der Waals surface area contributed by atoms with Crippen LogP contribution in [0.15, 0.2) is 82.6 Å². The van der Waals surface area contributed by atoms with Gasteiger partial charge in [-0.1, -0.05) is 94.5 Å². The average Bonchev–Trinajstić information content (AvgIpc) is 2.64. The second-order valence-electron chi connectivity index (χ2n) is 5.52. The van der Waals surface area contributed by atoms with Gasteiger partial charge in [0, 0.05) is 14.3 Å². The first-order chi connectivity index (χ1) is 12.3. The number of ether oxygens (including phenoxy) is 1. The van der Waals surface area contributed by atoms with Crippen molar-refractivity contribution in [2.24, 2.45) is 0 Å². The van der Waals surface area contributed by atoms with Gasteiger partial charge in [-0.25, -0.2) is 0 Å². The van der Waals surface area contributed by atoms with E-state index in [-0.39, 0.29) is 0 Å². The lowest BCUT2D eigenvalue weighted by Gasteiger charge is -2.12. The van der Waals surface area contributed by atoms with Gasteiger partial charge in [0.15, 0.2) is 0 Å². The van der Waals surface area contributed by atoms with Gasteiger partial charge in [-0.2, -0.15) is 0 Å². The minimum atomic E-state index is 0.563. The van der Waals surface area contributed by atoms with Gasteiger partial charge in [-0.05, 0) is 41.8 Å². The number of hydrogen-bond donors (Lipinski definition) is 0. The van der Waals surface area contributed by atoms with Crippen LogP contribution in [0.2, 0.25) is 5.02 Å². The Hall–Kier alpha value is -1.17. The molecule has 0 N–H and O–H groups in total. The smallest absolute Gasteiger partial charge is 0.133 e. The minimum Gasteiger partial charge on any atom is -0.488 e. The molecule has 0 amide bonds. The van der Waals surface area contributed by atoms with Crippen LogP contribution in [-0.2, 0) is 13.0 Å². The summed E-state index contributed by atoms with van der Waals surface area (Å²) >= 11 is 10.5. The molecule has 0 spiro atoms. The second kappa shape index (κ2) is 9.51. The molecule has 0 atom stereocenters. The molecule has 0 saturated carbocycles. The van der Waals surface area contributed by atoms with E-state index in [1.807, 2.05) is 42.5 Å². The maximum atomic E-state index is 6.41. The molecule has 0 unspecified atom stereocenters. The van der Waals surface area contributed by atoms with E-state index in [0.717, 1.165) is 37.0 Å². The van der Waals surface area contributed by atoms with E-state index < -0.39 is 0 Å². The monoisotopic (exact) mass is 480 g/mol. The third-order valence-electron chi connectivity index (χ3n) is 3.70. The lowest BCUT2D eigenvalue weighted by molar-refractivity contribution is 0.299. The zero-order valence-corrected chi connectivity index (χ0v) is 17.4. The van der Waals surface area contributed by atoms with Crippen molar-refractivity contribution < 1.29 is 4.74 Å². The van der Waals surface area contributed by atoms with Crippen molar-refractivity contribution in [1.29, 1.82) is 0 Å². The van der Waals surface area contributed by atoms with Gasteiger partial charge in [0.1, 0.15) is 12.4 Å². The molecule has 0 radical (unpaired) electrons. The molecule has 4 heteroatoms. The van der Waals surface area contributed by atoms with E-state index in [1.54, 1.807) is 11.8 Å². The summed E-state index contributed by atoms with van der Waals surface area (Å²) in [5, 5.41) is 0.837. The maximum Gasteiger partial charge on any atom is 0.133 e. The van der Waals surface area contributed by atoms with Crippen molar-refractivity contribution in [3.8, 4) is 5.75 Å². The number of alkyl halides is 1. The first kappa shape index (κ1) is 18.6. The van der Waals surface area contributed by atoms with Crippen LogP contribution in [0.4, 0.5) is 0 Å². The van der Waals surface area contributed by atoms with Gasteiger partial charge in [0.25, 0.3) is 0 Å². The maximum absolute atomic E-state index is 6.41. The molecule has 0 aliphatic rings. The molecular weight excluding hydrogens is 463 g/mol. The van der Waals surface area contributed by atoms with Crippen LogP contribution in [0.25, 0.3) is 0 Å². The van der Waals surface area contributed by atoms with Crippen LogP contribution in [0, 0.1) is 0 Å². The van der Waals surface area contributed by atoms with Crippen LogP contribution < -0.4 is 4.74 Å². The molecule has 128 valence electrons. The Bertz CT molecular complexity index is 823. The molecule has 0 aliphatic carbocycles. The quantitative estimate of drug-likeness (QED) is 0.265. The number of halogens is 2. The van der Waals surface area contributed by atoms with Crippen molar-refractivity contribution in [3.63, 3.8) is 0 Å². The standard InChI is InChI=1S/C21H18ClIOS/c22-19-14-18(11-10-17(19)12-13-23)25-21-9-5-4-8-20(21)24-15-16-6-2-1-3-7-16/h1-11,14H,12-13,15H2. The number of para-hydroxylation sites is 1. The average molecular weight is 481 g/mol. The van der Waals surface area contributed by atoms with Crippen molar-refractivity contribution in [1.82, 2.24) is 0 Å². The molecule has 1 nitrogen and oxygen atoms in total. The molecule has 0 fully saturated rings. The largest absolute Gasteiger partial charge is 0.488 e. The zero-order valence-electron chi connectivity index (χ0n) is 13.6. The Kier molecular flexibility index (Phi) is 7.08. The molecule has 0 saturated heterocycles. The van der Waals surface area contributed by atoms with Crippen molar-refractivity contribution >= 4 is 46.0 Å². The third kappa shape index (κ3) is 5.40. The van der Waals surface area contributed by atoms with Gasteiger partial charge in [0.2, 0.25) is 0 Å². The molecule has 0 heterocycles. The Morgan fingerprint density at radius 1 is 0.920 bits per heavy atom. The number of hydrogen-bond acceptors (Lipinski definition) is 2. The number of rotatable bonds is 7. The summed E-state index contributed by atoms with van der Waals surface area (Å²) in [6.07, 6.45) is 1.00. The number of aryl methyl sites for hydroxylation is 1.